The van der Waals surface area contributed by atoms with Crippen molar-refractivity contribution in [1.29, 1.82) is 0 Å². The zero-order chi connectivity index (χ0) is 17.3. The average molecular weight is 357 g/mol. The highest BCUT2D eigenvalue weighted by Crippen LogP contribution is 2.39. The van der Waals surface area contributed by atoms with E-state index in [1.54, 1.807) is 19.1 Å². The Balaban J connectivity index is 2.76. The number of amides is 1. The lowest BCUT2D eigenvalue weighted by molar-refractivity contribution is -0.388. The molecule has 0 aromatic heterocycles. The van der Waals surface area contributed by atoms with Gasteiger partial charge in [-0.05, 0) is 29.8 Å². The molecule has 0 saturated carbocycles. The molecule has 0 aliphatic rings. The van der Waals surface area contributed by atoms with Crippen LogP contribution in [0.4, 0.5) is 10.1 Å². The van der Waals surface area contributed by atoms with Gasteiger partial charge in [-0.15, -0.1) is 0 Å². The van der Waals surface area contributed by atoms with Gasteiger partial charge in [-0.3, -0.25) is 14.9 Å². The van der Waals surface area contributed by atoms with Crippen molar-refractivity contribution in [3.63, 3.8) is 0 Å². The molecule has 8 heteroatoms. The van der Waals surface area contributed by atoms with E-state index in [1.165, 1.54) is 6.07 Å². The third kappa shape index (κ3) is 3.28. The summed E-state index contributed by atoms with van der Waals surface area (Å²) >= 11 is 11.9. The second-order valence-electron chi connectivity index (χ2n) is 4.87. The lowest BCUT2D eigenvalue weighted by atomic mass is 9.87. The molecule has 0 aliphatic carbocycles. The molecule has 1 unspecified atom stereocenters. The van der Waals surface area contributed by atoms with Crippen LogP contribution in [0, 0.1) is 15.9 Å². The van der Waals surface area contributed by atoms with Crippen LogP contribution in [0.25, 0.3) is 0 Å². The van der Waals surface area contributed by atoms with Gasteiger partial charge in [0.1, 0.15) is 0 Å². The molecular formula is C15H11Cl2FN2O3. The Morgan fingerprint density at radius 3 is 2.48 bits per heavy atom. The molecular weight excluding hydrogens is 346 g/mol. The predicted molar refractivity (Wildman–Crippen MR) is 85.6 cm³/mol. The number of nitrogens with zero attached hydrogens (tertiary/aromatic N) is 1. The van der Waals surface area contributed by atoms with E-state index in [2.05, 4.69) is 0 Å². The smallest absolute Gasteiger partial charge is 0.309 e. The molecule has 0 bridgehead atoms. The summed E-state index contributed by atoms with van der Waals surface area (Å²) in [5.41, 5.74) is 4.70. The highest BCUT2D eigenvalue weighted by Gasteiger charge is 2.30. The Morgan fingerprint density at radius 1 is 1.30 bits per heavy atom. The number of hydrogen-bond donors (Lipinski definition) is 1. The van der Waals surface area contributed by atoms with Gasteiger partial charge in [0.25, 0.3) is 0 Å². The second-order valence-corrected chi connectivity index (χ2v) is 5.71. The first-order valence-corrected chi connectivity index (χ1v) is 7.21. The predicted octanol–water partition coefficient (Wildman–Crippen LogP) is 4.29. The molecule has 0 spiro atoms. The number of hydrogen-bond acceptors (Lipinski definition) is 3. The van der Waals surface area contributed by atoms with Gasteiger partial charge in [0.15, 0.2) is 0 Å². The second kappa shape index (κ2) is 6.52. The summed E-state index contributed by atoms with van der Waals surface area (Å²) in [4.78, 5) is 22.0. The van der Waals surface area contributed by atoms with Crippen LogP contribution < -0.4 is 5.73 Å². The molecule has 0 heterocycles. The first-order chi connectivity index (χ1) is 10.7. The van der Waals surface area contributed by atoms with E-state index in [9.17, 15) is 19.3 Å². The highest BCUT2D eigenvalue weighted by atomic mass is 35.5. The molecule has 1 atom stereocenters. The molecule has 2 N–H and O–H groups in total. The minimum atomic E-state index is -1.05. The summed E-state index contributed by atoms with van der Waals surface area (Å²) in [6, 6.07) is 6.55. The average Bonchev–Trinajstić information content (AvgIpc) is 2.45. The maximum Gasteiger partial charge on any atom is 0.309 e. The molecule has 120 valence electrons. The van der Waals surface area contributed by atoms with E-state index in [-0.39, 0.29) is 16.1 Å². The Morgan fingerprint density at radius 2 is 1.96 bits per heavy atom. The van der Waals surface area contributed by atoms with E-state index >= 15 is 0 Å². The molecule has 23 heavy (non-hydrogen) atoms. The summed E-state index contributed by atoms with van der Waals surface area (Å²) in [6.07, 6.45) is 0. The number of nitrogens with two attached hydrogens (primary N) is 1. The summed E-state index contributed by atoms with van der Waals surface area (Å²) < 4.78 is 13.9. The quantitative estimate of drug-likeness (QED) is 0.654. The van der Waals surface area contributed by atoms with Crippen LogP contribution >= 0.6 is 23.2 Å². The van der Waals surface area contributed by atoms with Crippen molar-refractivity contribution < 1.29 is 14.1 Å². The Kier molecular flexibility index (Phi) is 4.87. The zero-order valence-corrected chi connectivity index (χ0v) is 13.4. The molecule has 5 nitrogen and oxygen atoms in total. The lowest BCUT2D eigenvalue weighted by Crippen LogP contribution is -2.17. The van der Waals surface area contributed by atoms with Crippen molar-refractivity contribution in [3.8, 4) is 0 Å². The van der Waals surface area contributed by atoms with Crippen LogP contribution in [-0.2, 0) is 0 Å². The first kappa shape index (κ1) is 17.2. The molecule has 0 aliphatic heterocycles. The number of benzene rings is 2. The van der Waals surface area contributed by atoms with Crippen molar-refractivity contribution in [3.05, 3.63) is 73.0 Å². The van der Waals surface area contributed by atoms with Crippen LogP contribution in [0.2, 0.25) is 10.0 Å². The number of carbonyl (C=O) groups is 1. The molecule has 2 aromatic rings. The fourth-order valence-corrected chi connectivity index (χ4v) is 3.00. The van der Waals surface area contributed by atoms with Gasteiger partial charge in [0, 0.05) is 21.5 Å². The van der Waals surface area contributed by atoms with Crippen molar-refractivity contribution >= 4 is 34.8 Å². The summed E-state index contributed by atoms with van der Waals surface area (Å²) in [5, 5.41) is 11.9. The minimum absolute atomic E-state index is 0.119. The number of nitro groups is 1. The fourth-order valence-electron chi connectivity index (χ4n) is 2.43. The Labute approximate surface area is 141 Å². The van der Waals surface area contributed by atoms with Crippen LogP contribution in [0.1, 0.15) is 34.3 Å². The van der Waals surface area contributed by atoms with Gasteiger partial charge in [-0.2, -0.15) is 4.39 Å². The maximum absolute atomic E-state index is 13.9. The third-order valence-electron chi connectivity index (χ3n) is 3.48. The lowest BCUT2D eigenvalue weighted by Gasteiger charge is -2.17. The zero-order valence-electron chi connectivity index (χ0n) is 11.8. The van der Waals surface area contributed by atoms with Crippen molar-refractivity contribution in [1.82, 2.24) is 0 Å². The molecule has 2 rings (SSSR count). The van der Waals surface area contributed by atoms with Crippen LogP contribution in [0.3, 0.4) is 0 Å². The normalized spacial score (nSPS) is 12.0. The van der Waals surface area contributed by atoms with E-state index in [1.807, 2.05) is 0 Å². The van der Waals surface area contributed by atoms with E-state index in [0.29, 0.717) is 10.6 Å². The Hall–Kier alpha value is -2.18. The molecule has 0 fully saturated rings. The minimum Gasteiger partial charge on any atom is -0.366 e. The number of halogens is 3. The van der Waals surface area contributed by atoms with Crippen molar-refractivity contribution in [2.75, 3.05) is 0 Å². The van der Waals surface area contributed by atoms with Gasteiger partial charge in [0.05, 0.1) is 10.5 Å². The maximum atomic E-state index is 13.9. The molecule has 2 aromatic carbocycles. The summed E-state index contributed by atoms with van der Waals surface area (Å²) in [5.74, 6) is -2.68. The number of rotatable bonds is 4. The van der Waals surface area contributed by atoms with Crippen LogP contribution in [0.5, 0.6) is 0 Å². The number of primary amides is 1. The Bertz CT molecular complexity index is 812. The van der Waals surface area contributed by atoms with Gasteiger partial charge in [-0.1, -0.05) is 36.2 Å². The summed E-state index contributed by atoms with van der Waals surface area (Å²) in [7, 11) is 0. The van der Waals surface area contributed by atoms with Crippen LogP contribution in [0.15, 0.2) is 30.3 Å². The number of nitro benzene ring substituents is 1. The van der Waals surface area contributed by atoms with Crippen LogP contribution in [-0.4, -0.2) is 10.8 Å². The largest absolute Gasteiger partial charge is 0.366 e. The standard InChI is InChI=1S/C15H11Cl2FN2O3/c1-7(9-3-2-8(16)6-11(9)17)13-10(15(19)21)4-5-12(18)14(13)20(22)23/h2-7H,1H3,(H2,19,21). The van der Waals surface area contributed by atoms with E-state index in [0.717, 1.165) is 12.1 Å². The first-order valence-electron chi connectivity index (χ1n) is 6.45. The summed E-state index contributed by atoms with van der Waals surface area (Å²) in [6.45, 7) is 1.57. The third-order valence-corrected chi connectivity index (χ3v) is 4.04. The van der Waals surface area contributed by atoms with Gasteiger partial charge in [-0.25, -0.2) is 0 Å². The highest BCUT2D eigenvalue weighted by molar-refractivity contribution is 6.35. The van der Waals surface area contributed by atoms with Gasteiger partial charge in [0.2, 0.25) is 11.7 Å². The van der Waals surface area contributed by atoms with Crippen molar-refractivity contribution in [2.24, 2.45) is 5.73 Å². The van der Waals surface area contributed by atoms with Crippen molar-refractivity contribution in [2.45, 2.75) is 12.8 Å². The van der Waals surface area contributed by atoms with E-state index < -0.39 is 28.3 Å². The molecule has 1 amide bonds. The van der Waals surface area contributed by atoms with E-state index in [4.69, 9.17) is 28.9 Å². The SMILES string of the molecule is CC(c1ccc(Cl)cc1Cl)c1c(C(N)=O)ccc(F)c1[N+](=O)[O-]. The van der Waals surface area contributed by atoms with Gasteiger partial charge >= 0.3 is 5.69 Å². The molecule has 0 radical (unpaired) electrons. The number of carbonyl (C=O) groups excluding carboxylic acids is 1. The fraction of sp³-hybridized carbons (Fsp3) is 0.133. The molecule has 0 saturated heterocycles. The monoisotopic (exact) mass is 356 g/mol. The topological polar surface area (TPSA) is 86.2 Å². The van der Waals surface area contributed by atoms with Gasteiger partial charge < -0.3 is 5.73 Å².